The van der Waals surface area contributed by atoms with Crippen molar-refractivity contribution in [1.82, 2.24) is 0 Å². The van der Waals surface area contributed by atoms with Crippen LogP contribution in [0.4, 0.5) is 11.4 Å². The van der Waals surface area contributed by atoms with Gasteiger partial charge in [0.2, 0.25) is 0 Å². The highest BCUT2D eigenvalue weighted by Crippen LogP contribution is 2.30. The van der Waals surface area contributed by atoms with Crippen molar-refractivity contribution in [1.29, 1.82) is 0 Å². The highest BCUT2D eigenvalue weighted by atomic mass is 16.2. The fourth-order valence-corrected chi connectivity index (χ4v) is 4.60. The number of amides is 4. The Balaban J connectivity index is 1.20. The van der Waals surface area contributed by atoms with Crippen molar-refractivity contribution in [3.8, 4) is 11.8 Å². The Morgan fingerprint density at radius 3 is 1.53 bits per heavy atom. The van der Waals surface area contributed by atoms with E-state index in [4.69, 9.17) is 0 Å². The molecule has 0 saturated carbocycles. The van der Waals surface area contributed by atoms with Crippen LogP contribution in [-0.2, 0) is 0 Å². The topological polar surface area (TPSA) is 74.8 Å². The molecule has 2 heterocycles. The van der Waals surface area contributed by atoms with Gasteiger partial charge in [-0.15, -0.1) is 0 Å². The van der Waals surface area contributed by atoms with Gasteiger partial charge in [0.1, 0.15) is 0 Å². The molecule has 0 N–H and O–H groups in total. The molecule has 2 aliphatic rings. The number of imide groups is 2. The van der Waals surface area contributed by atoms with Crippen molar-refractivity contribution in [2.45, 2.75) is 0 Å². The van der Waals surface area contributed by atoms with Gasteiger partial charge in [-0.2, -0.15) is 0 Å². The maximum atomic E-state index is 12.8. The number of carbonyl (C=O) groups excluding carboxylic acids is 4. The summed E-state index contributed by atoms with van der Waals surface area (Å²) in [5.41, 5.74) is 3.93. The van der Waals surface area contributed by atoms with E-state index in [1.54, 1.807) is 103 Å². The first-order chi connectivity index (χ1) is 18.5. The third kappa shape index (κ3) is 3.80. The molecule has 4 aromatic rings. The summed E-state index contributed by atoms with van der Waals surface area (Å²) in [5.74, 6) is 4.59. The van der Waals surface area contributed by atoms with Gasteiger partial charge < -0.3 is 0 Å². The van der Waals surface area contributed by atoms with Gasteiger partial charge in [-0.05, 0) is 72.3 Å². The standard InChI is InChI=1S/C32H18N2O4/c35-29-25-15-3-4-16-26(25)30(36)33(29)23-13-7-11-21(19-23)9-1-2-10-22-12-8-14-24(20-22)34-31(37)27-17-5-6-18-28(27)32(34)38/h1,3-9,11-20H. The zero-order valence-electron chi connectivity index (χ0n) is 19.9. The number of carbonyl (C=O) groups is 4. The molecule has 2 aliphatic heterocycles. The molecule has 6 nitrogen and oxygen atoms in total. The number of nitrogens with zero attached hydrogens (tertiary/aromatic N) is 2. The van der Waals surface area contributed by atoms with Gasteiger partial charge in [-0.25, -0.2) is 9.80 Å². The van der Waals surface area contributed by atoms with Crippen LogP contribution >= 0.6 is 0 Å². The summed E-state index contributed by atoms with van der Waals surface area (Å²) in [7, 11) is 0. The van der Waals surface area contributed by atoms with E-state index in [1.165, 1.54) is 4.90 Å². The minimum atomic E-state index is -0.353. The second-order valence-corrected chi connectivity index (χ2v) is 8.73. The fourth-order valence-electron chi connectivity index (χ4n) is 4.60. The smallest absolute Gasteiger partial charge is 0.266 e. The zero-order chi connectivity index (χ0) is 26.2. The highest BCUT2D eigenvalue weighted by molar-refractivity contribution is 6.35. The third-order valence-corrected chi connectivity index (χ3v) is 6.40. The quantitative estimate of drug-likeness (QED) is 0.284. The number of hydrogen-bond donors (Lipinski definition) is 0. The van der Waals surface area contributed by atoms with Crippen molar-refractivity contribution in [2.24, 2.45) is 0 Å². The maximum absolute atomic E-state index is 12.8. The minimum absolute atomic E-state index is 0.343. The molecule has 0 saturated heterocycles. The van der Waals surface area contributed by atoms with Gasteiger partial charge in [0.15, 0.2) is 0 Å². The van der Waals surface area contributed by atoms with E-state index < -0.39 is 0 Å². The number of benzene rings is 4. The largest absolute Gasteiger partial charge is 0.268 e. The number of anilines is 2. The van der Waals surface area contributed by atoms with Crippen LogP contribution in [-0.4, -0.2) is 23.6 Å². The third-order valence-electron chi connectivity index (χ3n) is 6.40. The van der Waals surface area contributed by atoms with Gasteiger partial charge in [0.05, 0.1) is 33.6 Å². The second kappa shape index (κ2) is 9.16. The van der Waals surface area contributed by atoms with E-state index in [-0.39, 0.29) is 23.6 Å². The molecule has 0 aromatic heterocycles. The van der Waals surface area contributed by atoms with E-state index in [9.17, 15) is 19.2 Å². The maximum Gasteiger partial charge on any atom is 0.266 e. The molecule has 4 amide bonds. The van der Waals surface area contributed by atoms with Crippen LogP contribution < -0.4 is 9.80 Å². The van der Waals surface area contributed by atoms with E-state index in [0.29, 0.717) is 39.2 Å². The van der Waals surface area contributed by atoms with Crippen LogP contribution in [0.15, 0.2) is 103 Å². The Hall–Kier alpha value is -5.54. The van der Waals surface area contributed by atoms with Gasteiger partial charge in [-0.3, -0.25) is 19.2 Å². The molecule has 6 heteroatoms. The van der Waals surface area contributed by atoms with Crippen molar-refractivity contribution in [3.63, 3.8) is 0 Å². The van der Waals surface area contributed by atoms with Crippen molar-refractivity contribution in [3.05, 3.63) is 137 Å². The molecular formula is C32H18N2O4. The average molecular weight is 495 g/mol. The molecule has 0 spiro atoms. The Morgan fingerprint density at radius 1 is 0.526 bits per heavy atom. The summed E-state index contributed by atoms with van der Waals surface area (Å²) in [6.45, 7) is 0. The molecule has 180 valence electrons. The van der Waals surface area contributed by atoms with Crippen molar-refractivity contribution >= 4 is 41.1 Å². The molecule has 0 unspecified atom stereocenters. The molecule has 6 rings (SSSR count). The summed E-state index contributed by atoms with van der Waals surface area (Å²) >= 11 is 0. The summed E-state index contributed by atoms with van der Waals surface area (Å²) in [6, 6.07) is 27.6. The van der Waals surface area contributed by atoms with Gasteiger partial charge in [-0.1, -0.05) is 54.3 Å². The van der Waals surface area contributed by atoms with Crippen molar-refractivity contribution < 1.29 is 19.2 Å². The molecule has 38 heavy (non-hydrogen) atoms. The highest BCUT2D eigenvalue weighted by Gasteiger charge is 2.37. The lowest BCUT2D eigenvalue weighted by atomic mass is 10.1. The van der Waals surface area contributed by atoms with E-state index in [0.717, 1.165) is 10.5 Å². The Bertz CT molecular complexity index is 1700. The first kappa shape index (κ1) is 22.9. The Labute approximate surface area is 218 Å². The summed E-state index contributed by atoms with van der Waals surface area (Å²) in [5, 5.41) is 0. The molecule has 0 atom stereocenters. The monoisotopic (exact) mass is 494 g/mol. The van der Waals surface area contributed by atoms with Crippen LogP contribution in [0, 0.1) is 11.8 Å². The average Bonchev–Trinajstić information content (AvgIpc) is 3.36. The predicted octanol–water partition coefficient (Wildman–Crippen LogP) is 5.35. The molecule has 0 radical (unpaired) electrons. The van der Waals surface area contributed by atoms with E-state index in [2.05, 4.69) is 11.8 Å². The lowest BCUT2D eigenvalue weighted by molar-refractivity contribution is 0.0910. The minimum Gasteiger partial charge on any atom is -0.268 e. The number of rotatable bonds is 3. The lowest BCUT2D eigenvalue weighted by Gasteiger charge is -2.14. The summed E-state index contributed by atoms with van der Waals surface area (Å²) < 4.78 is 0. The van der Waals surface area contributed by atoms with E-state index in [1.807, 2.05) is 6.07 Å². The Morgan fingerprint density at radius 2 is 1.00 bits per heavy atom. The zero-order valence-corrected chi connectivity index (χ0v) is 19.9. The number of allylic oxidation sites excluding steroid dienone is 1. The van der Waals surface area contributed by atoms with Crippen molar-refractivity contribution in [2.75, 3.05) is 9.80 Å². The lowest BCUT2D eigenvalue weighted by Crippen LogP contribution is -2.29. The summed E-state index contributed by atoms with van der Waals surface area (Å²) in [6.07, 6.45) is 3.44. The fraction of sp³-hybridized carbons (Fsp3) is 0. The van der Waals surface area contributed by atoms with Crippen LogP contribution in [0.3, 0.4) is 0 Å². The summed E-state index contributed by atoms with van der Waals surface area (Å²) in [4.78, 5) is 53.5. The molecule has 0 aliphatic carbocycles. The first-order valence-corrected chi connectivity index (χ1v) is 11.9. The van der Waals surface area contributed by atoms with E-state index >= 15 is 0 Å². The second-order valence-electron chi connectivity index (χ2n) is 8.73. The van der Waals surface area contributed by atoms with Crippen LogP contribution in [0.1, 0.15) is 52.6 Å². The normalized spacial score (nSPS) is 14.1. The first-order valence-electron chi connectivity index (χ1n) is 11.9. The molecule has 4 aromatic carbocycles. The molecular weight excluding hydrogens is 476 g/mol. The Kier molecular flexibility index (Phi) is 5.52. The van der Waals surface area contributed by atoms with Crippen LogP contribution in [0.2, 0.25) is 0 Å². The molecule has 0 fully saturated rings. The number of fused-ring (bicyclic) bond motifs is 2. The van der Waals surface area contributed by atoms with Crippen LogP contribution in [0.5, 0.6) is 0 Å². The van der Waals surface area contributed by atoms with Crippen LogP contribution in [0.25, 0.3) is 6.08 Å². The van der Waals surface area contributed by atoms with Gasteiger partial charge >= 0.3 is 0 Å². The van der Waals surface area contributed by atoms with Gasteiger partial charge in [0.25, 0.3) is 23.6 Å². The molecule has 0 bridgehead atoms. The number of hydrogen-bond acceptors (Lipinski definition) is 4. The predicted molar refractivity (Wildman–Crippen MR) is 144 cm³/mol. The SMILES string of the molecule is O=C1c2ccccc2C(=O)N1c1cccc(C#CC=Cc2cccc(N3C(=O)c4ccccc4C3=O)c2)c1. The van der Waals surface area contributed by atoms with Gasteiger partial charge in [0, 0.05) is 5.56 Å².